The summed E-state index contributed by atoms with van der Waals surface area (Å²) in [6.45, 7) is 4.33. The van der Waals surface area contributed by atoms with Crippen molar-refractivity contribution in [2.75, 3.05) is 11.9 Å². The van der Waals surface area contributed by atoms with Crippen LogP contribution in [0, 0.1) is 0 Å². The van der Waals surface area contributed by atoms with Gasteiger partial charge in [0.25, 0.3) is 5.91 Å². The smallest absolute Gasteiger partial charge is 0.255 e. The maximum absolute atomic E-state index is 12.8. The summed E-state index contributed by atoms with van der Waals surface area (Å²) in [6.07, 6.45) is 12.1. The lowest BCUT2D eigenvalue weighted by Gasteiger charge is -2.09. The van der Waals surface area contributed by atoms with Crippen molar-refractivity contribution < 1.29 is 13.9 Å². The van der Waals surface area contributed by atoms with Crippen LogP contribution in [0.5, 0.6) is 5.75 Å². The molecule has 0 saturated carbocycles. The summed E-state index contributed by atoms with van der Waals surface area (Å²) < 4.78 is 11.6. The van der Waals surface area contributed by atoms with Crippen molar-refractivity contribution in [1.29, 1.82) is 0 Å². The standard InChI is InChI=1S/C28H29N5O4/c1-19(31-33-32-29)26-18-25(34)24-15-12-22(17-27(24)37-26)30-28(35)21-10-13-23(14-11-21)36-16-6-5-9-20-7-3-2-4-8-20/h3,7-8,10-15,17-18H,1-2,4-6,9,16H2,(H2,29,33)(H,30,35)(H,31,32). The molecule has 1 aliphatic rings. The number of hydrogen-bond acceptors (Lipinski definition) is 7. The number of nitrogens with one attached hydrogen (secondary N) is 2. The lowest BCUT2D eigenvalue weighted by Crippen LogP contribution is -2.12. The molecule has 0 fully saturated rings. The highest BCUT2D eigenvalue weighted by atomic mass is 16.5. The van der Waals surface area contributed by atoms with Crippen molar-refractivity contribution in [2.45, 2.75) is 32.1 Å². The van der Waals surface area contributed by atoms with Crippen molar-refractivity contribution in [2.24, 2.45) is 16.2 Å². The number of nitrogens with zero attached hydrogens (tertiary/aromatic N) is 2. The quantitative estimate of drug-likeness (QED) is 0.135. The highest BCUT2D eigenvalue weighted by molar-refractivity contribution is 6.05. The molecule has 1 aliphatic carbocycles. The van der Waals surface area contributed by atoms with E-state index in [1.807, 2.05) is 5.53 Å². The van der Waals surface area contributed by atoms with Crippen LogP contribution in [0.2, 0.25) is 0 Å². The Hall–Kier alpha value is -4.50. The summed E-state index contributed by atoms with van der Waals surface area (Å²) >= 11 is 0. The summed E-state index contributed by atoms with van der Waals surface area (Å²) in [5.41, 5.74) is 4.49. The lowest BCUT2D eigenvalue weighted by molar-refractivity contribution is 0.102. The van der Waals surface area contributed by atoms with E-state index in [-0.39, 0.29) is 28.4 Å². The van der Waals surface area contributed by atoms with Crippen LogP contribution in [0.25, 0.3) is 16.7 Å². The zero-order valence-corrected chi connectivity index (χ0v) is 20.4. The minimum absolute atomic E-state index is 0.118. The third kappa shape index (κ3) is 7.02. The Morgan fingerprint density at radius 1 is 1.11 bits per heavy atom. The molecule has 9 heteroatoms. The van der Waals surface area contributed by atoms with Gasteiger partial charge in [-0.2, -0.15) is 0 Å². The summed E-state index contributed by atoms with van der Waals surface area (Å²) in [4.78, 5) is 25.2. The van der Waals surface area contributed by atoms with Gasteiger partial charge in [-0.15, -0.1) is 5.11 Å². The number of benzene rings is 2. The van der Waals surface area contributed by atoms with Crippen LogP contribution in [-0.2, 0) is 0 Å². The van der Waals surface area contributed by atoms with Gasteiger partial charge in [0, 0.05) is 23.4 Å². The molecule has 0 bridgehead atoms. The monoisotopic (exact) mass is 499 g/mol. The Morgan fingerprint density at radius 2 is 1.95 bits per heavy atom. The number of carbonyl (C=O) groups is 1. The number of allylic oxidation sites excluding steroid dienone is 4. The molecule has 190 valence electrons. The fourth-order valence-corrected chi connectivity index (χ4v) is 3.89. The van der Waals surface area contributed by atoms with E-state index in [9.17, 15) is 9.59 Å². The largest absolute Gasteiger partial charge is 0.494 e. The number of amides is 1. The fourth-order valence-electron chi connectivity index (χ4n) is 3.89. The average Bonchev–Trinajstić information content (AvgIpc) is 2.92. The second kappa shape index (κ2) is 12.5. The topological polar surface area (TPSA) is 131 Å². The van der Waals surface area contributed by atoms with E-state index in [1.165, 1.54) is 11.6 Å². The van der Waals surface area contributed by atoms with Gasteiger partial charge in [0.2, 0.25) is 0 Å². The Labute approximate surface area is 214 Å². The number of nitrogens with two attached hydrogens (primary N) is 1. The first-order chi connectivity index (χ1) is 18.0. The fraction of sp³-hybridized carbons (Fsp3) is 0.214. The van der Waals surface area contributed by atoms with E-state index in [2.05, 4.69) is 40.5 Å². The van der Waals surface area contributed by atoms with Crippen LogP contribution >= 0.6 is 0 Å². The lowest BCUT2D eigenvalue weighted by atomic mass is 10.0. The van der Waals surface area contributed by atoms with Crippen LogP contribution in [0.1, 0.15) is 48.2 Å². The van der Waals surface area contributed by atoms with E-state index >= 15 is 0 Å². The first kappa shape index (κ1) is 25.6. The number of ether oxygens (including phenoxy) is 1. The number of rotatable bonds is 11. The summed E-state index contributed by atoms with van der Waals surface area (Å²) in [5, 5.41) is 10.3. The van der Waals surface area contributed by atoms with Gasteiger partial charge in [0.05, 0.1) is 12.0 Å². The highest BCUT2D eigenvalue weighted by Crippen LogP contribution is 2.23. The van der Waals surface area contributed by atoms with E-state index < -0.39 is 0 Å². The van der Waals surface area contributed by atoms with E-state index in [4.69, 9.17) is 15.0 Å². The van der Waals surface area contributed by atoms with E-state index in [1.54, 1.807) is 42.5 Å². The molecule has 37 heavy (non-hydrogen) atoms. The summed E-state index contributed by atoms with van der Waals surface area (Å²) in [6, 6.07) is 13.1. The molecule has 0 unspecified atom stereocenters. The molecule has 2 aromatic carbocycles. The van der Waals surface area contributed by atoms with E-state index in [0.717, 1.165) is 37.9 Å². The maximum atomic E-state index is 12.8. The molecule has 0 saturated heterocycles. The Balaban J connectivity index is 1.33. The maximum Gasteiger partial charge on any atom is 0.255 e. The molecule has 4 rings (SSSR count). The second-order valence-corrected chi connectivity index (χ2v) is 8.50. The number of hydrogen-bond donors (Lipinski definition) is 3. The Bertz CT molecular complexity index is 1420. The van der Waals surface area contributed by atoms with Crippen molar-refractivity contribution in [3.63, 3.8) is 0 Å². The number of fused-ring (bicyclic) bond motifs is 1. The van der Waals surface area contributed by atoms with Gasteiger partial charge in [-0.25, -0.2) is 11.4 Å². The first-order valence-electron chi connectivity index (χ1n) is 12.1. The predicted octanol–water partition coefficient (Wildman–Crippen LogP) is 5.67. The van der Waals surface area contributed by atoms with Crippen LogP contribution in [0.15, 0.2) is 98.5 Å². The van der Waals surface area contributed by atoms with Gasteiger partial charge in [0.15, 0.2) is 11.2 Å². The Morgan fingerprint density at radius 3 is 2.70 bits per heavy atom. The highest BCUT2D eigenvalue weighted by Gasteiger charge is 2.11. The number of carbonyl (C=O) groups excluding carboxylic acids is 1. The van der Waals surface area contributed by atoms with Gasteiger partial charge in [0.1, 0.15) is 17.0 Å². The van der Waals surface area contributed by atoms with Crippen molar-refractivity contribution in [1.82, 2.24) is 5.53 Å². The number of unbranched alkanes of at least 4 members (excludes halogenated alkanes) is 1. The molecular formula is C28H29N5O4. The molecular weight excluding hydrogens is 470 g/mol. The molecule has 9 nitrogen and oxygen atoms in total. The molecule has 0 aliphatic heterocycles. The summed E-state index contributed by atoms with van der Waals surface area (Å²) in [7, 11) is 0. The minimum Gasteiger partial charge on any atom is -0.494 e. The van der Waals surface area contributed by atoms with Gasteiger partial charge in [-0.05, 0) is 68.5 Å². The summed E-state index contributed by atoms with van der Waals surface area (Å²) in [5.74, 6) is 5.61. The number of anilines is 1. The van der Waals surface area contributed by atoms with Crippen molar-refractivity contribution in [3.05, 3.63) is 100 Å². The normalized spacial score (nSPS) is 12.9. The van der Waals surface area contributed by atoms with Gasteiger partial charge >= 0.3 is 0 Å². The molecule has 1 aromatic heterocycles. The van der Waals surface area contributed by atoms with Gasteiger partial charge in [-0.1, -0.05) is 35.6 Å². The SMILES string of the molecule is C=C(/N=N\NN)c1cc(=O)c2ccc(NC(=O)c3ccc(OCCCCC4=CCCC=C4)cc3)cc2o1. The van der Waals surface area contributed by atoms with Gasteiger partial charge in [-0.3, -0.25) is 9.59 Å². The van der Waals surface area contributed by atoms with Crippen LogP contribution < -0.4 is 26.9 Å². The Kier molecular flexibility index (Phi) is 8.62. The predicted molar refractivity (Wildman–Crippen MR) is 144 cm³/mol. The minimum atomic E-state index is -0.301. The molecule has 0 radical (unpaired) electrons. The van der Waals surface area contributed by atoms with Crippen LogP contribution in [0.4, 0.5) is 5.69 Å². The van der Waals surface area contributed by atoms with Crippen LogP contribution in [-0.4, -0.2) is 12.5 Å². The molecule has 0 atom stereocenters. The third-order valence-corrected chi connectivity index (χ3v) is 5.82. The van der Waals surface area contributed by atoms with E-state index in [0.29, 0.717) is 23.2 Å². The third-order valence-electron chi connectivity index (χ3n) is 5.82. The molecule has 0 spiro atoms. The molecule has 3 aromatic rings. The molecule has 1 heterocycles. The van der Waals surface area contributed by atoms with Gasteiger partial charge < -0.3 is 14.5 Å². The molecule has 4 N–H and O–H groups in total. The average molecular weight is 500 g/mol. The zero-order chi connectivity index (χ0) is 26.0. The molecule has 1 amide bonds. The van der Waals surface area contributed by atoms with Crippen LogP contribution in [0.3, 0.4) is 0 Å². The zero-order valence-electron chi connectivity index (χ0n) is 20.4. The first-order valence-corrected chi connectivity index (χ1v) is 12.1. The number of hydrazine groups is 1. The second-order valence-electron chi connectivity index (χ2n) is 8.50. The van der Waals surface area contributed by atoms with Crippen molar-refractivity contribution >= 4 is 28.3 Å². The van der Waals surface area contributed by atoms with Crippen molar-refractivity contribution in [3.8, 4) is 5.75 Å².